The van der Waals surface area contributed by atoms with Crippen LogP contribution in [-0.4, -0.2) is 127 Å². The summed E-state index contributed by atoms with van der Waals surface area (Å²) in [5.41, 5.74) is 7.95. The Hall–Kier alpha value is -3.09. The Balaban J connectivity index is 1.47. The molecule has 64 heavy (non-hydrogen) atoms. The molecule has 0 saturated carbocycles. The molecule has 2 aliphatic rings. The summed E-state index contributed by atoms with van der Waals surface area (Å²) in [5.74, 6) is -0.433. The molecule has 0 bridgehead atoms. The number of nitrogens with zero attached hydrogens (tertiary/aromatic N) is 4. The van der Waals surface area contributed by atoms with Crippen LogP contribution in [0.3, 0.4) is 0 Å². The van der Waals surface area contributed by atoms with Crippen molar-refractivity contribution in [1.82, 2.24) is 20.3 Å². The smallest absolute Gasteiger partial charge is 0.309 e. The second-order valence-electron chi connectivity index (χ2n) is 19.3. The van der Waals surface area contributed by atoms with Crippen molar-refractivity contribution in [3.05, 3.63) is 65.1 Å². The Bertz CT molecular complexity index is 1810. The number of hydrogen-bond donors (Lipinski definition) is 4. The van der Waals surface area contributed by atoms with E-state index < -0.39 is 66.3 Å². The lowest BCUT2D eigenvalue weighted by atomic mass is 9.71. The number of nitrogens with one attached hydrogen (secondary N) is 2. The zero-order valence-corrected chi connectivity index (χ0v) is 41.5. The van der Waals surface area contributed by atoms with Crippen molar-refractivity contribution in [2.45, 2.75) is 154 Å². The van der Waals surface area contributed by atoms with E-state index in [1.165, 1.54) is 7.11 Å². The Morgan fingerprint density at radius 2 is 1.89 bits per heavy atom. The molecule has 1 aromatic carbocycles. The third kappa shape index (κ3) is 14.0. The number of ether oxygens (including phenoxy) is 4. The maximum absolute atomic E-state index is 14.5. The van der Waals surface area contributed by atoms with Gasteiger partial charge in [-0.3, -0.25) is 4.79 Å². The molecule has 1 aromatic heterocycles. The molecule has 0 aliphatic carbocycles. The fraction of sp³-hybridized carbons (Fsp3) is 0.708. The molecule has 14 nitrogen and oxygen atoms in total. The second kappa shape index (κ2) is 24.1. The van der Waals surface area contributed by atoms with Crippen molar-refractivity contribution in [1.29, 1.82) is 5.53 Å². The van der Waals surface area contributed by atoms with E-state index in [4.69, 9.17) is 29.0 Å². The molecule has 360 valence electrons. The number of carbonyl (C=O) groups is 1. The predicted molar refractivity (Wildman–Crippen MR) is 249 cm³/mol. The van der Waals surface area contributed by atoms with E-state index in [1.54, 1.807) is 19.2 Å². The molecule has 16 heteroatoms. The number of aromatic nitrogens is 1. The summed E-state index contributed by atoms with van der Waals surface area (Å²) >= 11 is 3.30. The normalized spacial score (nSPS) is 32.5. The van der Waals surface area contributed by atoms with E-state index in [0.717, 1.165) is 24.0 Å². The maximum atomic E-state index is 14.5. The lowest BCUT2D eigenvalue weighted by Crippen LogP contribution is -2.58. The minimum atomic E-state index is -1.66. The quantitative estimate of drug-likeness (QED) is 0.0716. The first-order chi connectivity index (χ1) is 30.2. The van der Waals surface area contributed by atoms with Crippen molar-refractivity contribution in [3.63, 3.8) is 0 Å². The van der Waals surface area contributed by atoms with Crippen LogP contribution in [0.2, 0.25) is 0 Å². The van der Waals surface area contributed by atoms with Crippen LogP contribution in [-0.2, 0) is 23.7 Å². The molecule has 3 heterocycles. The second-order valence-corrected chi connectivity index (χ2v) is 20.1. The minimum absolute atomic E-state index is 0.0897. The Morgan fingerprint density at radius 3 is 2.47 bits per heavy atom. The van der Waals surface area contributed by atoms with Crippen LogP contribution in [0, 0.1) is 28.7 Å². The number of carbonyl (C=O) groups excluding carboxylic acids is 1. The third-order valence-corrected chi connectivity index (χ3v) is 13.9. The summed E-state index contributed by atoms with van der Waals surface area (Å²) in [4.78, 5) is 18.0. The number of esters is 1. The first kappa shape index (κ1) is 53.5. The Morgan fingerprint density at radius 1 is 1.20 bits per heavy atom. The lowest BCUT2D eigenvalue weighted by molar-refractivity contribution is -0.247. The summed E-state index contributed by atoms with van der Waals surface area (Å²) < 4.78 is 45.8. The molecule has 0 unspecified atom stereocenters. The first-order valence-electron chi connectivity index (χ1n) is 22.8. The van der Waals surface area contributed by atoms with Crippen molar-refractivity contribution in [2.24, 2.45) is 28.3 Å². The van der Waals surface area contributed by atoms with Gasteiger partial charge in [0, 0.05) is 68.9 Å². The fourth-order valence-corrected chi connectivity index (χ4v) is 10.0. The van der Waals surface area contributed by atoms with Crippen molar-refractivity contribution in [3.8, 4) is 11.3 Å². The average molecular weight is 964 g/mol. The van der Waals surface area contributed by atoms with Gasteiger partial charge in [-0.05, 0) is 93.4 Å². The molecule has 4 N–H and O–H groups in total. The fourth-order valence-electron chi connectivity index (χ4n) is 9.73. The van der Waals surface area contributed by atoms with Crippen LogP contribution < -0.4 is 5.32 Å². The zero-order chi connectivity index (χ0) is 47.5. The van der Waals surface area contributed by atoms with Gasteiger partial charge in [0.2, 0.25) is 0 Å². The monoisotopic (exact) mass is 962 g/mol. The van der Waals surface area contributed by atoms with Crippen LogP contribution >= 0.6 is 15.9 Å². The van der Waals surface area contributed by atoms with Gasteiger partial charge in [-0.2, -0.15) is 5.11 Å². The number of alkyl halides is 1. The molecule has 0 spiro atoms. The summed E-state index contributed by atoms with van der Waals surface area (Å²) in [5, 5.41) is 33.8. The van der Waals surface area contributed by atoms with Crippen molar-refractivity contribution in [2.75, 3.05) is 41.0 Å². The molecule has 2 fully saturated rings. The largest absolute Gasteiger partial charge is 0.459 e. The topological polar surface area (TPSA) is 175 Å². The van der Waals surface area contributed by atoms with Gasteiger partial charge in [0.25, 0.3) is 0 Å². The number of benzene rings is 1. The third-order valence-electron chi connectivity index (χ3n) is 13.5. The van der Waals surface area contributed by atoms with E-state index in [-0.39, 0.29) is 30.1 Å². The van der Waals surface area contributed by atoms with E-state index in [0.29, 0.717) is 54.8 Å². The number of halogens is 2. The van der Waals surface area contributed by atoms with Gasteiger partial charge < -0.3 is 48.8 Å². The molecular weight excluding hydrogens is 887 g/mol. The highest BCUT2D eigenvalue weighted by Gasteiger charge is 2.46. The predicted octanol–water partition coefficient (Wildman–Crippen LogP) is 8.84. The summed E-state index contributed by atoms with van der Waals surface area (Å²) in [7, 11) is 5.53. The lowest BCUT2D eigenvalue weighted by Gasteiger charge is -2.45. The molecule has 2 aromatic rings. The number of aliphatic hydroxyl groups is 2. The van der Waals surface area contributed by atoms with Gasteiger partial charge in [-0.25, -0.2) is 9.92 Å². The van der Waals surface area contributed by atoms with E-state index in [1.807, 2.05) is 72.1 Å². The van der Waals surface area contributed by atoms with Gasteiger partial charge in [-0.15, -0.1) is 6.58 Å². The van der Waals surface area contributed by atoms with Gasteiger partial charge in [0.15, 0.2) is 12.1 Å². The molecule has 2 saturated heterocycles. The number of aliphatic hydroxyl groups excluding tert-OH is 1. The van der Waals surface area contributed by atoms with Crippen molar-refractivity contribution < 1.29 is 42.9 Å². The van der Waals surface area contributed by atoms with Crippen molar-refractivity contribution >= 4 is 21.9 Å². The molecule has 0 amide bonds. The van der Waals surface area contributed by atoms with Gasteiger partial charge >= 0.3 is 5.97 Å². The maximum Gasteiger partial charge on any atom is 0.309 e. The SMILES string of the molecule is C=C[C@H]1C[C@@H](C)C(=O)O[C@H](CC)[C@@](C)(O)[C@H](O)[C@@H](C)N(C)C[C@H](C)CC(C)(C)[C@@H]1O[C@H]1C[C@@H](N(C)CC/C(=C/N[C@H](CF)[C@H](OC)c2ccc(-c3cc(Br)no3)cc2)N=N)C[C@@H](C)O1. The number of hydrogen-bond acceptors (Lipinski definition) is 14. The van der Waals surface area contributed by atoms with Crippen LogP contribution in [0.1, 0.15) is 106 Å². The summed E-state index contributed by atoms with van der Waals surface area (Å²) in [6, 6.07) is 8.20. The minimum Gasteiger partial charge on any atom is -0.459 e. The van der Waals surface area contributed by atoms with Gasteiger partial charge in [-0.1, -0.05) is 70.1 Å². The zero-order valence-electron chi connectivity index (χ0n) is 39.9. The van der Waals surface area contributed by atoms with Crippen LogP contribution in [0.5, 0.6) is 0 Å². The standard InChI is InChI=1S/C48H76BrFN6O8/c1-13-33-21-30(4)46(58)62-40(14-2)48(9,59)44(57)32(6)56(11)28-29(3)25-47(7,8)45(33)63-42-23-37(22-31(5)61-42)55(10)20-19-36(53-51)27-52-38(26-50)43(60-12)35-17-15-34(16-18-35)39-24-41(49)54-64-39/h13,15-18,24,27,29-33,37-38,40,42-45,51-52,57,59H,1,14,19-23,25-26,28H2,2-12H3/b36-27-,53-51?/t29-,30-,31-,32-,33+,37+,38-,40-,42+,43-,44-,45-,48-/m1/s1. The van der Waals surface area contributed by atoms with E-state index in [2.05, 4.69) is 68.7 Å². The molecule has 0 radical (unpaired) electrons. The summed E-state index contributed by atoms with van der Waals surface area (Å²) in [6.07, 6.45) is 3.14. The highest BCUT2D eigenvalue weighted by Crippen LogP contribution is 2.41. The number of rotatable bonds is 16. The first-order valence-corrected chi connectivity index (χ1v) is 23.6. The van der Waals surface area contributed by atoms with Crippen LogP contribution in [0.4, 0.5) is 4.39 Å². The van der Waals surface area contributed by atoms with Crippen LogP contribution in [0.15, 0.2) is 69.1 Å². The Labute approximate surface area is 389 Å². The highest BCUT2D eigenvalue weighted by molar-refractivity contribution is 9.10. The highest BCUT2D eigenvalue weighted by atomic mass is 79.9. The number of cyclic esters (lactones) is 1. The molecule has 2 aliphatic heterocycles. The number of methoxy groups -OCH3 is 1. The molecule has 4 rings (SSSR count). The van der Waals surface area contributed by atoms with Crippen LogP contribution in [0.25, 0.3) is 11.3 Å². The average Bonchev–Trinajstić information content (AvgIpc) is 3.70. The molecular formula is C48H76BrFN6O8. The van der Waals surface area contributed by atoms with E-state index in [9.17, 15) is 19.4 Å². The van der Waals surface area contributed by atoms with Gasteiger partial charge in [0.05, 0.1) is 29.9 Å². The van der Waals surface area contributed by atoms with Gasteiger partial charge in [0.1, 0.15) is 35.2 Å². The van der Waals surface area contributed by atoms with E-state index >= 15 is 0 Å². The number of likely N-dealkylation sites (N-methyl/N-ethyl adjacent to an activating group) is 1. The Kier molecular flexibility index (Phi) is 20.1. The summed E-state index contributed by atoms with van der Waals surface area (Å²) in [6.45, 7) is 20.5. The molecule has 13 atom stereocenters.